The van der Waals surface area contributed by atoms with Crippen LogP contribution in [0.25, 0.3) is 0 Å². The first-order chi connectivity index (χ1) is 15.6. The van der Waals surface area contributed by atoms with Crippen LogP contribution in [0.1, 0.15) is 34.6 Å². The summed E-state index contributed by atoms with van der Waals surface area (Å²) < 4.78 is 37.3. The number of carbonyl (C=O) groups is 4. The molecule has 4 unspecified atom stereocenters. The number of esters is 3. The van der Waals surface area contributed by atoms with E-state index < -0.39 is 48.5 Å². The van der Waals surface area contributed by atoms with E-state index >= 15 is 0 Å². The van der Waals surface area contributed by atoms with Crippen LogP contribution in [0, 0.1) is 0 Å². The Hall–Kier alpha value is -2.32. The topological polar surface area (TPSA) is 171 Å². The molecule has 0 fully saturated rings. The van der Waals surface area contributed by atoms with Gasteiger partial charge in [0, 0.05) is 34.2 Å². The molecule has 0 saturated heterocycles. The lowest BCUT2D eigenvalue weighted by Crippen LogP contribution is -2.51. The predicted octanol–water partition coefficient (Wildman–Crippen LogP) is -0.754. The maximum atomic E-state index is 11.6. The zero-order valence-electron chi connectivity index (χ0n) is 19.8. The van der Waals surface area contributed by atoms with Crippen LogP contribution in [-0.4, -0.2) is 94.7 Å². The van der Waals surface area contributed by atoms with Gasteiger partial charge < -0.3 is 44.2 Å². The van der Waals surface area contributed by atoms with E-state index in [0.29, 0.717) is 26.4 Å². The van der Waals surface area contributed by atoms with Crippen molar-refractivity contribution in [1.82, 2.24) is 5.32 Å². The van der Waals surface area contributed by atoms with Crippen LogP contribution >= 0.6 is 0 Å². The lowest BCUT2D eigenvalue weighted by Gasteiger charge is -2.32. The summed E-state index contributed by atoms with van der Waals surface area (Å²) in [6, 6.07) is 0. The summed E-state index contributed by atoms with van der Waals surface area (Å²) in [4.78, 5) is 45.8. The molecule has 0 spiro atoms. The van der Waals surface area contributed by atoms with E-state index in [4.69, 9.17) is 38.9 Å². The zero-order chi connectivity index (χ0) is 25.2. The molecule has 3 N–H and O–H groups in total. The van der Waals surface area contributed by atoms with Gasteiger partial charge in [0.05, 0.1) is 33.0 Å². The SMILES string of the molecule is CC(=O)NC(OC(C)=O)C(OCCOCCOCCN)OC(COC(C)=O)C(C)OC(C)=O. The maximum Gasteiger partial charge on any atom is 0.304 e. The van der Waals surface area contributed by atoms with Crippen molar-refractivity contribution < 1.29 is 52.3 Å². The predicted molar refractivity (Wildman–Crippen MR) is 113 cm³/mol. The van der Waals surface area contributed by atoms with E-state index in [0.717, 1.165) is 6.92 Å². The Morgan fingerprint density at radius 1 is 0.818 bits per heavy atom. The first kappa shape index (κ1) is 30.7. The first-order valence-electron chi connectivity index (χ1n) is 10.4. The van der Waals surface area contributed by atoms with Crippen molar-refractivity contribution in [3.63, 3.8) is 0 Å². The number of hydrogen-bond donors (Lipinski definition) is 2. The van der Waals surface area contributed by atoms with E-state index in [9.17, 15) is 19.2 Å². The third-order valence-electron chi connectivity index (χ3n) is 3.66. The second-order valence-corrected chi connectivity index (χ2v) is 6.77. The first-order valence-corrected chi connectivity index (χ1v) is 10.4. The highest BCUT2D eigenvalue weighted by atomic mass is 16.7. The van der Waals surface area contributed by atoms with Crippen molar-refractivity contribution in [2.45, 2.75) is 59.3 Å². The number of carbonyl (C=O) groups excluding carboxylic acids is 4. The molecule has 0 bridgehead atoms. The van der Waals surface area contributed by atoms with Crippen LogP contribution < -0.4 is 11.1 Å². The number of rotatable bonds is 18. The fourth-order valence-corrected chi connectivity index (χ4v) is 2.35. The Labute approximate surface area is 193 Å². The molecule has 0 aromatic carbocycles. The monoisotopic (exact) mass is 480 g/mol. The van der Waals surface area contributed by atoms with Gasteiger partial charge in [-0.25, -0.2) is 0 Å². The summed E-state index contributed by atoms with van der Waals surface area (Å²) in [5, 5.41) is 2.42. The fourth-order valence-electron chi connectivity index (χ4n) is 2.35. The van der Waals surface area contributed by atoms with Gasteiger partial charge in [-0.3, -0.25) is 19.2 Å². The van der Waals surface area contributed by atoms with Gasteiger partial charge in [0.25, 0.3) is 0 Å². The summed E-state index contributed by atoms with van der Waals surface area (Å²) in [5.41, 5.74) is 5.33. The van der Waals surface area contributed by atoms with Gasteiger partial charge >= 0.3 is 17.9 Å². The molecule has 0 aromatic heterocycles. The van der Waals surface area contributed by atoms with E-state index in [1.165, 1.54) is 27.7 Å². The van der Waals surface area contributed by atoms with Crippen LogP contribution in [0.2, 0.25) is 0 Å². The van der Waals surface area contributed by atoms with E-state index in [1.807, 2.05) is 0 Å². The van der Waals surface area contributed by atoms with Gasteiger partial charge in [0.1, 0.15) is 18.8 Å². The minimum atomic E-state index is -1.34. The lowest BCUT2D eigenvalue weighted by molar-refractivity contribution is -0.251. The Morgan fingerprint density at radius 3 is 1.91 bits per heavy atom. The molecule has 0 radical (unpaired) electrons. The second-order valence-electron chi connectivity index (χ2n) is 6.77. The average molecular weight is 481 g/mol. The quantitative estimate of drug-likeness (QED) is 0.109. The highest BCUT2D eigenvalue weighted by molar-refractivity contribution is 5.73. The molecule has 0 heterocycles. The Bertz CT molecular complexity index is 587. The van der Waals surface area contributed by atoms with Crippen molar-refractivity contribution in [2.75, 3.05) is 46.2 Å². The third kappa shape index (κ3) is 16.9. The van der Waals surface area contributed by atoms with Gasteiger partial charge in [-0.15, -0.1) is 0 Å². The molecule has 0 aliphatic rings. The third-order valence-corrected chi connectivity index (χ3v) is 3.66. The van der Waals surface area contributed by atoms with Gasteiger partial charge in [0.2, 0.25) is 18.4 Å². The molecule has 13 nitrogen and oxygen atoms in total. The van der Waals surface area contributed by atoms with Crippen molar-refractivity contribution in [3.8, 4) is 0 Å². The molecule has 0 aliphatic carbocycles. The Morgan fingerprint density at radius 2 is 1.39 bits per heavy atom. The molecule has 13 heteroatoms. The van der Waals surface area contributed by atoms with Crippen LogP contribution in [0.3, 0.4) is 0 Å². The summed E-state index contributed by atoms with van der Waals surface area (Å²) in [6.07, 6.45) is -4.54. The molecule has 1 amide bonds. The number of amides is 1. The van der Waals surface area contributed by atoms with Gasteiger partial charge in [-0.2, -0.15) is 0 Å². The summed E-state index contributed by atoms with van der Waals surface area (Å²) in [7, 11) is 0. The largest absolute Gasteiger partial charge is 0.463 e. The van der Waals surface area contributed by atoms with Crippen molar-refractivity contribution in [2.24, 2.45) is 5.73 Å². The van der Waals surface area contributed by atoms with Gasteiger partial charge in [-0.05, 0) is 6.92 Å². The molecule has 4 atom stereocenters. The summed E-state index contributed by atoms with van der Waals surface area (Å²) in [5.74, 6) is -2.39. The fraction of sp³-hybridized carbons (Fsp3) is 0.800. The lowest BCUT2D eigenvalue weighted by atomic mass is 10.2. The smallest absolute Gasteiger partial charge is 0.304 e. The Balaban J connectivity index is 5.29. The Kier molecular flexibility index (Phi) is 16.9. The number of hydrogen-bond acceptors (Lipinski definition) is 12. The minimum Gasteiger partial charge on any atom is -0.463 e. The summed E-state index contributed by atoms with van der Waals surface area (Å²) >= 11 is 0. The van der Waals surface area contributed by atoms with E-state index in [1.54, 1.807) is 0 Å². The van der Waals surface area contributed by atoms with Crippen LogP contribution in [0.15, 0.2) is 0 Å². The normalized spacial score (nSPS) is 14.5. The summed E-state index contributed by atoms with van der Waals surface area (Å²) in [6.45, 7) is 7.61. The van der Waals surface area contributed by atoms with Crippen molar-refractivity contribution in [3.05, 3.63) is 0 Å². The average Bonchev–Trinajstić information content (AvgIpc) is 2.69. The second kappa shape index (κ2) is 18.1. The molecule has 192 valence electrons. The molecule has 0 saturated carbocycles. The number of nitrogens with one attached hydrogen (secondary N) is 1. The van der Waals surface area contributed by atoms with Crippen LogP contribution in [0.5, 0.6) is 0 Å². The zero-order valence-corrected chi connectivity index (χ0v) is 19.8. The number of ether oxygens (including phenoxy) is 7. The standard InChI is InChI=1S/C20H36N2O11/c1-13(31-16(4)25)18(12-30-15(3)24)33-20(19(22-14(2)23)32-17(5)26)29-11-10-28-9-8-27-7-6-21/h13,18-20H,6-12,21H2,1-5H3,(H,22,23). The van der Waals surface area contributed by atoms with Gasteiger partial charge in [0.15, 0.2) is 0 Å². The van der Waals surface area contributed by atoms with Crippen LogP contribution in [-0.2, 0) is 52.3 Å². The molecular formula is C20H36N2O11. The van der Waals surface area contributed by atoms with Crippen molar-refractivity contribution >= 4 is 23.8 Å². The number of nitrogens with two attached hydrogens (primary N) is 1. The van der Waals surface area contributed by atoms with Gasteiger partial charge in [-0.1, -0.05) is 0 Å². The van der Waals surface area contributed by atoms with Crippen molar-refractivity contribution in [1.29, 1.82) is 0 Å². The molecule has 0 aliphatic heterocycles. The molecule has 0 aromatic rings. The molecular weight excluding hydrogens is 444 g/mol. The van der Waals surface area contributed by atoms with E-state index in [2.05, 4.69) is 5.32 Å². The molecule has 33 heavy (non-hydrogen) atoms. The molecule has 0 rings (SSSR count). The highest BCUT2D eigenvalue weighted by Gasteiger charge is 2.33. The highest BCUT2D eigenvalue weighted by Crippen LogP contribution is 2.14. The van der Waals surface area contributed by atoms with Crippen LogP contribution in [0.4, 0.5) is 0 Å². The minimum absolute atomic E-state index is 0.0128. The van der Waals surface area contributed by atoms with E-state index in [-0.39, 0.29) is 19.8 Å². The maximum absolute atomic E-state index is 11.6.